The smallest absolute Gasteiger partial charge is 0.223 e. The van der Waals surface area contributed by atoms with E-state index in [2.05, 4.69) is 52.1 Å². The van der Waals surface area contributed by atoms with Gasteiger partial charge in [0.15, 0.2) is 5.96 Å². The van der Waals surface area contributed by atoms with Gasteiger partial charge in [0, 0.05) is 32.1 Å². The largest absolute Gasteiger partial charge is 0.357 e. The molecule has 1 fully saturated rings. The summed E-state index contributed by atoms with van der Waals surface area (Å²) in [5, 5.41) is 9.43. The van der Waals surface area contributed by atoms with Crippen LogP contribution in [0.4, 0.5) is 0 Å². The Hall–Kier alpha value is -1.31. The van der Waals surface area contributed by atoms with Crippen LogP contribution in [0.1, 0.15) is 30.9 Å². The molecule has 6 heteroatoms. The molecule has 1 aromatic carbocycles. The maximum atomic E-state index is 11.5. The minimum absolute atomic E-state index is 0. The van der Waals surface area contributed by atoms with Gasteiger partial charge in [-0.1, -0.05) is 29.8 Å². The number of aliphatic imine (C=N–C) groups is 1. The first-order valence-electron chi connectivity index (χ1n) is 8.54. The first-order chi connectivity index (χ1) is 11.2. The lowest BCUT2D eigenvalue weighted by atomic mass is 10.1. The normalized spacial score (nSPS) is 13.8. The fraction of sp³-hybridized carbons (Fsp3) is 0.556. The van der Waals surface area contributed by atoms with E-state index >= 15 is 0 Å². The zero-order valence-corrected chi connectivity index (χ0v) is 16.9. The Bertz CT molecular complexity index is 544. The van der Waals surface area contributed by atoms with Gasteiger partial charge >= 0.3 is 0 Å². The lowest BCUT2D eigenvalue weighted by Crippen LogP contribution is -2.41. The molecule has 0 aromatic heterocycles. The molecule has 1 aliphatic rings. The summed E-state index contributed by atoms with van der Waals surface area (Å²) >= 11 is 0. The summed E-state index contributed by atoms with van der Waals surface area (Å²) in [6.45, 7) is 7.05. The Labute approximate surface area is 162 Å². The molecule has 0 radical (unpaired) electrons. The monoisotopic (exact) mass is 444 g/mol. The standard InChI is InChI=1S/C18H28N4O.HI/c1-3-19-18(22-12-11-20-17(23)16-7-8-16)21-10-9-15-6-4-5-14(2)13-15;/h4-6,13,16H,3,7-12H2,1-2H3,(H,20,23)(H2,19,21,22);1H. The molecule has 24 heavy (non-hydrogen) atoms. The molecule has 3 N–H and O–H groups in total. The van der Waals surface area contributed by atoms with Crippen LogP contribution in [0.25, 0.3) is 0 Å². The molecule has 2 rings (SSSR count). The summed E-state index contributed by atoms with van der Waals surface area (Å²) in [7, 11) is 0. The number of carbonyl (C=O) groups is 1. The van der Waals surface area contributed by atoms with Crippen LogP contribution in [0.2, 0.25) is 0 Å². The van der Waals surface area contributed by atoms with E-state index in [0.717, 1.165) is 38.3 Å². The third-order valence-corrected chi connectivity index (χ3v) is 3.76. The number of aryl methyl sites for hydroxylation is 1. The summed E-state index contributed by atoms with van der Waals surface area (Å²) in [4.78, 5) is 16.1. The number of hydrogen-bond acceptors (Lipinski definition) is 2. The van der Waals surface area contributed by atoms with Gasteiger partial charge in [0.25, 0.3) is 0 Å². The van der Waals surface area contributed by atoms with Crippen molar-refractivity contribution in [2.75, 3.05) is 26.2 Å². The maximum absolute atomic E-state index is 11.5. The van der Waals surface area contributed by atoms with E-state index < -0.39 is 0 Å². The van der Waals surface area contributed by atoms with Gasteiger partial charge in [0.1, 0.15) is 0 Å². The van der Waals surface area contributed by atoms with Crippen LogP contribution in [0.15, 0.2) is 29.3 Å². The molecule has 0 spiro atoms. The van der Waals surface area contributed by atoms with Gasteiger partial charge in [-0.2, -0.15) is 0 Å². The van der Waals surface area contributed by atoms with Gasteiger partial charge in [-0.15, -0.1) is 24.0 Å². The molecule has 1 aromatic rings. The van der Waals surface area contributed by atoms with Crippen LogP contribution in [0.5, 0.6) is 0 Å². The number of carbonyl (C=O) groups excluding carboxylic acids is 1. The number of benzene rings is 1. The highest BCUT2D eigenvalue weighted by Gasteiger charge is 2.28. The lowest BCUT2D eigenvalue weighted by Gasteiger charge is -2.12. The van der Waals surface area contributed by atoms with Gasteiger partial charge in [0.05, 0.1) is 0 Å². The van der Waals surface area contributed by atoms with Crippen molar-refractivity contribution in [2.45, 2.75) is 33.1 Å². The van der Waals surface area contributed by atoms with Crippen molar-refractivity contribution in [3.05, 3.63) is 35.4 Å². The minimum Gasteiger partial charge on any atom is -0.357 e. The Morgan fingerprint density at radius 1 is 1.21 bits per heavy atom. The molecule has 1 saturated carbocycles. The summed E-state index contributed by atoms with van der Waals surface area (Å²) in [6, 6.07) is 8.52. The van der Waals surface area contributed by atoms with Crippen molar-refractivity contribution < 1.29 is 4.79 Å². The summed E-state index contributed by atoms with van der Waals surface area (Å²) in [6.07, 6.45) is 3.02. The number of amides is 1. The molecular weight excluding hydrogens is 415 g/mol. The lowest BCUT2D eigenvalue weighted by molar-refractivity contribution is -0.122. The minimum atomic E-state index is 0. The molecule has 0 saturated heterocycles. The maximum Gasteiger partial charge on any atom is 0.223 e. The van der Waals surface area contributed by atoms with Gasteiger partial charge in [-0.25, -0.2) is 0 Å². The van der Waals surface area contributed by atoms with E-state index in [4.69, 9.17) is 0 Å². The number of rotatable bonds is 8. The average molecular weight is 444 g/mol. The molecule has 0 aliphatic heterocycles. The second-order valence-corrected chi connectivity index (χ2v) is 5.99. The molecule has 134 valence electrons. The van der Waals surface area contributed by atoms with Crippen LogP contribution < -0.4 is 16.0 Å². The van der Waals surface area contributed by atoms with Crippen molar-refractivity contribution >= 4 is 35.8 Å². The zero-order chi connectivity index (χ0) is 16.5. The highest BCUT2D eigenvalue weighted by molar-refractivity contribution is 14.0. The van der Waals surface area contributed by atoms with Crippen LogP contribution in [-0.4, -0.2) is 38.0 Å². The van der Waals surface area contributed by atoms with E-state index in [-0.39, 0.29) is 35.8 Å². The molecule has 0 heterocycles. The average Bonchev–Trinajstić information content (AvgIpc) is 3.36. The topological polar surface area (TPSA) is 65.5 Å². The van der Waals surface area contributed by atoms with Crippen LogP contribution >= 0.6 is 24.0 Å². The van der Waals surface area contributed by atoms with E-state index in [9.17, 15) is 4.79 Å². The number of nitrogens with zero attached hydrogens (tertiary/aromatic N) is 1. The molecule has 0 atom stereocenters. The first kappa shape index (κ1) is 20.7. The number of guanidine groups is 1. The van der Waals surface area contributed by atoms with E-state index in [1.165, 1.54) is 11.1 Å². The molecule has 0 bridgehead atoms. The molecule has 1 amide bonds. The van der Waals surface area contributed by atoms with E-state index in [1.807, 2.05) is 6.92 Å². The number of halogens is 1. The Morgan fingerprint density at radius 2 is 1.96 bits per heavy atom. The Morgan fingerprint density at radius 3 is 2.62 bits per heavy atom. The molecule has 0 unspecified atom stereocenters. The van der Waals surface area contributed by atoms with Crippen molar-refractivity contribution in [3.8, 4) is 0 Å². The van der Waals surface area contributed by atoms with Gasteiger partial charge < -0.3 is 16.0 Å². The van der Waals surface area contributed by atoms with Crippen molar-refractivity contribution in [1.29, 1.82) is 0 Å². The van der Waals surface area contributed by atoms with Crippen molar-refractivity contribution in [3.63, 3.8) is 0 Å². The van der Waals surface area contributed by atoms with E-state index in [1.54, 1.807) is 0 Å². The molecular formula is C18H29IN4O. The highest BCUT2D eigenvalue weighted by Crippen LogP contribution is 2.28. The van der Waals surface area contributed by atoms with E-state index in [0.29, 0.717) is 13.1 Å². The summed E-state index contributed by atoms with van der Waals surface area (Å²) < 4.78 is 0. The van der Waals surface area contributed by atoms with Crippen molar-refractivity contribution in [1.82, 2.24) is 16.0 Å². The Kier molecular flexibility index (Phi) is 9.75. The third-order valence-electron chi connectivity index (χ3n) is 3.76. The zero-order valence-electron chi connectivity index (χ0n) is 14.6. The predicted octanol–water partition coefficient (Wildman–Crippen LogP) is 2.24. The van der Waals surface area contributed by atoms with Gasteiger partial charge in [-0.05, 0) is 38.7 Å². The molecule has 5 nitrogen and oxygen atoms in total. The number of hydrogen-bond donors (Lipinski definition) is 3. The van der Waals surface area contributed by atoms with Gasteiger partial charge in [-0.3, -0.25) is 9.79 Å². The fourth-order valence-corrected chi connectivity index (χ4v) is 2.36. The van der Waals surface area contributed by atoms with Crippen LogP contribution in [0.3, 0.4) is 0 Å². The summed E-state index contributed by atoms with van der Waals surface area (Å²) in [5.74, 6) is 1.26. The van der Waals surface area contributed by atoms with Gasteiger partial charge in [0.2, 0.25) is 5.91 Å². The second-order valence-electron chi connectivity index (χ2n) is 5.99. The SMILES string of the molecule is CCNC(=NCCc1cccc(C)c1)NCCNC(=O)C1CC1.I. The number of nitrogens with one attached hydrogen (secondary N) is 3. The highest BCUT2D eigenvalue weighted by atomic mass is 127. The Balaban J connectivity index is 0.00000288. The fourth-order valence-electron chi connectivity index (χ4n) is 2.36. The second kappa shape index (κ2) is 11.3. The summed E-state index contributed by atoms with van der Waals surface area (Å²) in [5.41, 5.74) is 2.59. The van der Waals surface area contributed by atoms with Crippen molar-refractivity contribution in [2.24, 2.45) is 10.9 Å². The van der Waals surface area contributed by atoms with Crippen LogP contribution in [-0.2, 0) is 11.2 Å². The van der Waals surface area contributed by atoms with Crippen LogP contribution in [0, 0.1) is 12.8 Å². The quantitative estimate of drug-likeness (QED) is 0.250. The first-order valence-corrected chi connectivity index (χ1v) is 8.54. The molecule has 1 aliphatic carbocycles. The predicted molar refractivity (Wildman–Crippen MR) is 110 cm³/mol. The third kappa shape index (κ3) is 7.99.